The second-order valence-electron chi connectivity index (χ2n) is 8.68. The number of nitrogens with zero attached hydrogens (tertiary/aromatic N) is 2. The van der Waals surface area contributed by atoms with E-state index in [0.717, 1.165) is 10.5 Å². The molecular weight excluding hydrogens is 592 g/mol. The molecule has 3 aromatic rings. The van der Waals surface area contributed by atoms with Crippen LogP contribution in [0.15, 0.2) is 72.9 Å². The van der Waals surface area contributed by atoms with Gasteiger partial charge in [-0.3, -0.25) is 9.36 Å². The van der Waals surface area contributed by atoms with E-state index in [2.05, 4.69) is 20.9 Å². The van der Waals surface area contributed by atoms with Crippen molar-refractivity contribution in [2.75, 3.05) is 12.9 Å². The fourth-order valence-corrected chi connectivity index (χ4v) is 5.94. The maximum atomic E-state index is 13.8. The molecule has 4 rings (SSSR count). The minimum atomic E-state index is -1.08. The normalized spacial score (nSPS) is 15.3. The Bertz CT molecular complexity index is 1610. The predicted molar refractivity (Wildman–Crippen MR) is 150 cm³/mol. The van der Waals surface area contributed by atoms with Crippen molar-refractivity contribution in [2.24, 2.45) is 4.99 Å². The van der Waals surface area contributed by atoms with Crippen LogP contribution in [0.2, 0.25) is 0 Å². The monoisotopic (exact) mass is 616 g/mol. The maximum Gasteiger partial charge on any atom is 0.341 e. The van der Waals surface area contributed by atoms with Gasteiger partial charge in [-0.25, -0.2) is 14.6 Å². The minimum Gasteiger partial charge on any atom is -0.481 e. The smallest absolute Gasteiger partial charge is 0.341 e. The van der Waals surface area contributed by atoms with Crippen LogP contribution in [0.4, 0.5) is 0 Å². The van der Waals surface area contributed by atoms with E-state index in [1.54, 1.807) is 61.4 Å². The van der Waals surface area contributed by atoms with E-state index in [4.69, 9.17) is 14.6 Å². The van der Waals surface area contributed by atoms with Crippen molar-refractivity contribution in [3.05, 3.63) is 89.0 Å². The number of hydrogen-bond donors (Lipinski definition) is 1. The van der Waals surface area contributed by atoms with Crippen LogP contribution in [-0.4, -0.2) is 40.6 Å². The maximum absolute atomic E-state index is 13.8. The number of hydrogen-bond acceptors (Lipinski definition) is 8. The van der Waals surface area contributed by atoms with E-state index in [-0.39, 0.29) is 11.7 Å². The van der Waals surface area contributed by atoms with Gasteiger partial charge in [0.25, 0.3) is 5.56 Å². The number of rotatable bonds is 8. The Balaban J connectivity index is 1.83. The lowest BCUT2D eigenvalue weighted by Crippen LogP contribution is -2.40. The summed E-state index contributed by atoms with van der Waals surface area (Å²) in [6.07, 6.45) is 3.39. The molecule has 0 bridgehead atoms. The zero-order valence-corrected chi connectivity index (χ0v) is 24.3. The summed E-state index contributed by atoms with van der Waals surface area (Å²) in [6, 6.07) is 12.2. The lowest BCUT2D eigenvalue weighted by Gasteiger charge is -2.25. The molecule has 0 unspecified atom stereocenters. The van der Waals surface area contributed by atoms with Gasteiger partial charge in [-0.1, -0.05) is 29.5 Å². The number of carbonyl (C=O) groups excluding carboxylic acids is 1. The van der Waals surface area contributed by atoms with Crippen LogP contribution in [0.25, 0.3) is 6.08 Å². The molecule has 0 aliphatic carbocycles. The topological polar surface area (TPSA) is 107 Å². The van der Waals surface area contributed by atoms with Crippen molar-refractivity contribution in [1.29, 1.82) is 0 Å². The van der Waals surface area contributed by atoms with Gasteiger partial charge >= 0.3 is 11.9 Å². The van der Waals surface area contributed by atoms with Gasteiger partial charge in [0.2, 0.25) is 0 Å². The van der Waals surface area contributed by atoms with Crippen LogP contribution < -0.4 is 19.6 Å². The fraction of sp³-hybridized carbons (Fsp3) is 0.259. The lowest BCUT2D eigenvalue weighted by molar-refractivity contribution is -0.143. The summed E-state index contributed by atoms with van der Waals surface area (Å²) in [5.74, 6) is -1.20. The minimum absolute atomic E-state index is 0.280. The van der Waals surface area contributed by atoms with Crippen LogP contribution >= 0.6 is 39.0 Å². The summed E-state index contributed by atoms with van der Waals surface area (Å²) in [7, 11) is 0. The molecule has 0 fully saturated rings. The second kappa shape index (κ2) is 11.7. The van der Waals surface area contributed by atoms with E-state index in [1.807, 2.05) is 30.5 Å². The van der Waals surface area contributed by atoms with E-state index < -0.39 is 24.6 Å². The van der Waals surface area contributed by atoms with Crippen LogP contribution in [0.5, 0.6) is 5.75 Å². The molecule has 1 atom stereocenters. The number of carbonyl (C=O) groups is 2. The third kappa shape index (κ3) is 5.95. The summed E-state index contributed by atoms with van der Waals surface area (Å²) in [5, 5.41) is 8.85. The number of esters is 1. The molecule has 2 heterocycles. The Morgan fingerprint density at radius 3 is 2.55 bits per heavy atom. The number of ether oxygens (including phenoxy) is 2. The lowest BCUT2D eigenvalue weighted by atomic mass is 9.96. The third-order valence-corrected chi connectivity index (χ3v) is 7.97. The van der Waals surface area contributed by atoms with Crippen molar-refractivity contribution >= 4 is 57.0 Å². The molecule has 198 valence electrons. The Morgan fingerprint density at radius 2 is 1.95 bits per heavy atom. The van der Waals surface area contributed by atoms with E-state index in [9.17, 15) is 14.4 Å². The molecule has 1 aliphatic heterocycles. The van der Waals surface area contributed by atoms with Crippen LogP contribution in [0, 0.1) is 0 Å². The number of thiazole rings is 1. The van der Waals surface area contributed by atoms with Gasteiger partial charge in [0.05, 0.1) is 32.4 Å². The number of aromatic nitrogens is 1. The first-order valence-electron chi connectivity index (χ1n) is 11.6. The standard InChI is InChI=1S/C27H25BrN2O6S2/c1-14(2)36-26(34)23-15(3)29-27-30(24(23)17-6-8-18(37-4)9-7-17)25(33)21(38-27)12-16-5-10-20(19(28)11-16)35-13-22(31)32/h5-12,14,24H,13H2,1-4H3,(H,31,32)/b21-12-/t24-/m0/s1. The molecule has 1 aliphatic rings. The first-order chi connectivity index (χ1) is 18.1. The molecule has 38 heavy (non-hydrogen) atoms. The van der Waals surface area contributed by atoms with E-state index >= 15 is 0 Å². The summed E-state index contributed by atoms with van der Waals surface area (Å²) in [6.45, 7) is 4.85. The number of benzene rings is 2. The number of allylic oxidation sites excluding steroid dienone is 1. The highest BCUT2D eigenvalue weighted by atomic mass is 79.9. The van der Waals surface area contributed by atoms with Gasteiger partial charge in [-0.2, -0.15) is 0 Å². The zero-order valence-electron chi connectivity index (χ0n) is 21.1. The molecule has 0 saturated carbocycles. The van der Waals surface area contributed by atoms with Crippen LogP contribution in [0.3, 0.4) is 0 Å². The molecule has 1 N–H and O–H groups in total. The highest BCUT2D eigenvalue weighted by Crippen LogP contribution is 2.32. The summed E-state index contributed by atoms with van der Waals surface area (Å²) >= 11 is 6.23. The molecule has 1 aromatic heterocycles. The summed E-state index contributed by atoms with van der Waals surface area (Å²) in [5.41, 5.74) is 2.05. The third-order valence-electron chi connectivity index (χ3n) is 5.62. The summed E-state index contributed by atoms with van der Waals surface area (Å²) in [4.78, 5) is 43.9. The molecule has 2 aromatic carbocycles. The first-order valence-corrected chi connectivity index (χ1v) is 14.4. The number of carboxylic acids is 1. The molecular formula is C27H25BrN2O6S2. The Kier molecular flexibility index (Phi) is 8.59. The van der Waals surface area contributed by atoms with Gasteiger partial charge < -0.3 is 14.6 Å². The number of aliphatic carboxylic acids is 1. The second-order valence-corrected chi connectivity index (χ2v) is 11.4. The van der Waals surface area contributed by atoms with E-state index in [1.165, 1.54) is 11.3 Å². The van der Waals surface area contributed by atoms with Gasteiger partial charge in [-0.05, 0) is 84.4 Å². The number of fused-ring (bicyclic) bond motifs is 1. The highest BCUT2D eigenvalue weighted by Gasteiger charge is 2.33. The zero-order chi connectivity index (χ0) is 27.6. The summed E-state index contributed by atoms with van der Waals surface area (Å²) < 4.78 is 13.3. The van der Waals surface area contributed by atoms with Crippen LogP contribution in [-0.2, 0) is 14.3 Å². The molecule has 0 saturated heterocycles. The van der Waals surface area contributed by atoms with E-state index in [0.29, 0.717) is 36.4 Å². The van der Waals surface area contributed by atoms with Gasteiger partial charge in [0.15, 0.2) is 11.4 Å². The molecule has 0 radical (unpaired) electrons. The van der Waals surface area contributed by atoms with Gasteiger partial charge in [-0.15, -0.1) is 11.8 Å². The molecule has 0 spiro atoms. The largest absolute Gasteiger partial charge is 0.481 e. The van der Waals surface area contributed by atoms with Crippen molar-refractivity contribution < 1.29 is 24.2 Å². The van der Waals surface area contributed by atoms with Crippen LogP contribution in [0.1, 0.15) is 37.9 Å². The average molecular weight is 618 g/mol. The molecule has 11 heteroatoms. The molecule has 8 nitrogen and oxygen atoms in total. The highest BCUT2D eigenvalue weighted by molar-refractivity contribution is 9.10. The quantitative estimate of drug-likeness (QED) is 0.299. The average Bonchev–Trinajstić information content (AvgIpc) is 3.16. The predicted octanol–water partition coefficient (Wildman–Crippen LogP) is 4.13. The van der Waals surface area contributed by atoms with Crippen molar-refractivity contribution in [3.63, 3.8) is 0 Å². The SMILES string of the molecule is CSc1ccc([C@H]2C(C(=O)OC(C)C)=C(C)N=c3s/c(=C\c4ccc(OCC(=O)O)c(Br)c4)c(=O)n32)cc1. The first kappa shape index (κ1) is 27.9. The van der Waals surface area contributed by atoms with Gasteiger partial charge in [0, 0.05) is 4.90 Å². The number of halogens is 1. The Hall–Kier alpha value is -3.15. The fourth-order valence-electron chi connectivity index (χ4n) is 3.98. The molecule has 0 amide bonds. The van der Waals surface area contributed by atoms with Crippen molar-refractivity contribution in [2.45, 2.75) is 37.8 Å². The number of thioether (sulfide) groups is 1. The van der Waals surface area contributed by atoms with Gasteiger partial charge in [0.1, 0.15) is 5.75 Å². The Morgan fingerprint density at radius 1 is 1.24 bits per heavy atom. The van der Waals surface area contributed by atoms with Crippen molar-refractivity contribution in [1.82, 2.24) is 4.57 Å². The Labute approximate surface area is 235 Å². The number of carboxylic acid groups (broad SMARTS) is 1. The van der Waals surface area contributed by atoms with Crippen molar-refractivity contribution in [3.8, 4) is 5.75 Å².